The second kappa shape index (κ2) is 9.14. The molecule has 0 fully saturated rings. The molecule has 0 bridgehead atoms. The van der Waals surface area contributed by atoms with Crippen molar-refractivity contribution in [3.8, 4) is 0 Å². The number of halogens is 1. The number of amides is 1. The van der Waals surface area contributed by atoms with Gasteiger partial charge in [-0.25, -0.2) is 0 Å². The average Bonchev–Trinajstić information content (AvgIpc) is 2.54. The van der Waals surface area contributed by atoms with Crippen molar-refractivity contribution in [1.29, 1.82) is 0 Å². The Morgan fingerprint density at radius 1 is 1.17 bits per heavy atom. The first kappa shape index (κ1) is 18.1. The van der Waals surface area contributed by atoms with E-state index in [0.717, 1.165) is 21.5 Å². The minimum absolute atomic E-state index is 0.0117. The summed E-state index contributed by atoms with van der Waals surface area (Å²) >= 11 is 5.10. The summed E-state index contributed by atoms with van der Waals surface area (Å²) in [4.78, 5) is 13.2. The van der Waals surface area contributed by atoms with Gasteiger partial charge in [0.1, 0.15) is 0 Å². The highest BCUT2D eigenvalue weighted by Gasteiger charge is 2.07. The highest BCUT2D eigenvalue weighted by Crippen LogP contribution is 2.25. The maximum absolute atomic E-state index is 12.1. The van der Waals surface area contributed by atoms with Gasteiger partial charge >= 0.3 is 0 Å². The maximum Gasteiger partial charge on any atom is 0.234 e. The predicted octanol–water partition coefficient (Wildman–Crippen LogP) is 5.83. The summed E-state index contributed by atoms with van der Waals surface area (Å²) in [5, 5.41) is 2.97. The summed E-state index contributed by atoms with van der Waals surface area (Å²) in [7, 11) is 0. The molecule has 1 amide bonds. The third kappa shape index (κ3) is 6.04. The molecule has 0 aliphatic heterocycles. The Hall–Kier alpha value is -1.26. The molecular formula is C19H22BrNOS. The topological polar surface area (TPSA) is 29.1 Å². The molecule has 1 N–H and O–H groups in total. The van der Waals surface area contributed by atoms with Crippen molar-refractivity contribution in [2.24, 2.45) is 0 Å². The second-order valence-corrected chi connectivity index (χ2v) is 7.47. The van der Waals surface area contributed by atoms with E-state index in [1.165, 1.54) is 24.0 Å². The van der Waals surface area contributed by atoms with Crippen LogP contribution in [0, 0.1) is 6.92 Å². The van der Waals surface area contributed by atoms with Crippen LogP contribution in [0.15, 0.2) is 51.8 Å². The van der Waals surface area contributed by atoms with Crippen LogP contribution >= 0.6 is 27.7 Å². The first-order chi connectivity index (χ1) is 11.1. The molecule has 0 spiro atoms. The van der Waals surface area contributed by atoms with Crippen molar-refractivity contribution in [1.82, 2.24) is 0 Å². The fourth-order valence-corrected chi connectivity index (χ4v) is 3.39. The number of carbonyl (C=O) groups excluding carboxylic acids is 1. The van der Waals surface area contributed by atoms with Crippen molar-refractivity contribution in [3.63, 3.8) is 0 Å². The Balaban J connectivity index is 1.88. The molecule has 0 unspecified atom stereocenters. The maximum atomic E-state index is 12.1. The molecule has 0 atom stereocenters. The van der Waals surface area contributed by atoms with Gasteiger partial charge in [0.2, 0.25) is 5.91 Å². The fourth-order valence-electron chi connectivity index (χ4n) is 2.17. The van der Waals surface area contributed by atoms with E-state index < -0.39 is 0 Å². The summed E-state index contributed by atoms with van der Waals surface area (Å²) in [6.07, 6.45) is 3.45. The van der Waals surface area contributed by atoms with Gasteiger partial charge in [-0.2, -0.15) is 0 Å². The second-order valence-electron chi connectivity index (χ2n) is 5.57. The number of nitrogens with one attached hydrogen (secondary N) is 1. The lowest BCUT2D eigenvalue weighted by Crippen LogP contribution is -2.14. The number of aryl methyl sites for hydroxylation is 2. The van der Waals surface area contributed by atoms with Gasteiger partial charge in [0.15, 0.2) is 0 Å². The zero-order chi connectivity index (χ0) is 16.7. The lowest BCUT2D eigenvalue weighted by Gasteiger charge is -2.09. The number of thioether (sulfide) groups is 1. The van der Waals surface area contributed by atoms with Gasteiger partial charge in [-0.05, 0) is 65.5 Å². The van der Waals surface area contributed by atoms with Crippen LogP contribution in [0.1, 0.15) is 30.9 Å². The van der Waals surface area contributed by atoms with E-state index >= 15 is 0 Å². The number of carbonyl (C=O) groups is 1. The lowest BCUT2D eigenvalue weighted by atomic mass is 10.1. The van der Waals surface area contributed by atoms with E-state index in [1.54, 1.807) is 11.8 Å². The van der Waals surface area contributed by atoms with E-state index in [9.17, 15) is 4.79 Å². The molecule has 0 radical (unpaired) electrons. The molecule has 2 rings (SSSR count). The zero-order valence-corrected chi connectivity index (χ0v) is 16.0. The number of anilines is 1. The highest BCUT2D eigenvalue weighted by molar-refractivity contribution is 9.10. The van der Waals surface area contributed by atoms with Crippen molar-refractivity contribution in [2.45, 2.75) is 38.0 Å². The van der Waals surface area contributed by atoms with Gasteiger partial charge in [0.05, 0.1) is 11.4 Å². The summed E-state index contributed by atoms with van der Waals surface area (Å²) in [5.41, 5.74) is 3.36. The van der Waals surface area contributed by atoms with Gasteiger partial charge in [-0.3, -0.25) is 4.79 Å². The molecule has 0 saturated carbocycles. The number of rotatable bonds is 7. The van der Waals surface area contributed by atoms with Crippen LogP contribution in [0.2, 0.25) is 0 Å². The predicted molar refractivity (Wildman–Crippen MR) is 103 cm³/mol. The van der Waals surface area contributed by atoms with Crippen LogP contribution in [0.3, 0.4) is 0 Å². The van der Waals surface area contributed by atoms with Gasteiger partial charge in [0.25, 0.3) is 0 Å². The number of hydrogen-bond donors (Lipinski definition) is 1. The molecule has 122 valence electrons. The first-order valence-corrected chi connectivity index (χ1v) is 9.64. The Morgan fingerprint density at radius 2 is 1.91 bits per heavy atom. The molecule has 4 heteroatoms. The minimum Gasteiger partial charge on any atom is -0.324 e. The Morgan fingerprint density at radius 3 is 2.57 bits per heavy atom. The van der Waals surface area contributed by atoms with E-state index in [0.29, 0.717) is 5.75 Å². The fraction of sp³-hybridized carbons (Fsp3) is 0.316. The van der Waals surface area contributed by atoms with Crippen LogP contribution in [0.4, 0.5) is 5.69 Å². The van der Waals surface area contributed by atoms with Crippen LogP contribution in [0.25, 0.3) is 0 Å². The van der Waals surface area contributed by atoms with Crippen molar-refractivity contribution in [2.75, 3.05) is 11.1 Å². The molecule has 0 heterocycles. The molecule has 23 heavy (non-hydrogen) atoms. The molecular weight excluding hydrogens is 370 g/mol. The van der Waals surface area contributed by atoms with Gasteiger partial charge < -0.3 is 5.32 Å². The van der Waals surface area contributed by atoms with Gasteiger partial charge in [-0.15, -0.1) is 11.8 Å². The Bertz CT molecular complexity index is 655. The molecule has 0 aliphatic rings. The monoisotopic (exact) mass is 391 g/mol. The number of hydrogen-bond acceptors (Lipinski definition) is 2. The van der Waals surface area contributed by atoms with Gasteiger partial charge in [-0.1, -0.05) is 37.1 Å². The normalized spacial score (nSPS) is 10.6. The van der Waals surface area contributed by atoms with Crippen molar-refractivity contribution < 1.29 is 4.79 Å². The number of unbranched alkanes of at least 4 members (excludes halogenated alkanes) is 1. The molecule has 2 aromatic carbocycles. The summed E-state index contributed by atoms with van der Waals surface area (Å²) < 4.78 is 0.944. The van der Waals surface area contributed by atoms with Crippen LogP contribution in [-0.4, -0.2) is 11.7 Å². The van der Waals surface area contributed by atoms with E-state index in [4.69, 9.17) is 0 Å². The lowest BCUT2D eigenvalue weighted by molar-refractivity contribution is -0.113. The molecule has 0 aromatic heterocycles. The van der Waals surface area contributed by atoms with E-state index in [1.807, 2.05) is 18.2 Å². The largest absolute Gasteiger partial charge is 0.324 e. The van der Waals surface area contributed by atoms with Crippen LogP contribution in [0.5, 0.6) is 0 Å². The SMILES string of the molecule is CCCCc1ccc(NC(=O)CSc2ccc(C)cc2)c(Br)c1. The van der Waals surface area contributed by atoms with Crippen molar-refractivity contribution >= 4 is 39.3 Å². The zero-order valence-electron chi connectivity index (χ0n) is 13.6. The quantitative estimate of drug-likeness (QED) is 0.601. The minimum atomic E-state index is 0.0117. The molecule has 2 nitrogen and oxygen atoms in total. The summed E-state index contributed by atoms with van der Waals surface area (Å²) in [5.74, 6) is 0.421. The highest BCUT2D eigenvalue weighted by atomic mass is 79.9. The van der Waals surface area contributed by atoms with E-state index in [-0.39, 0.29) is 5.91 Å². The summed E-state index contributed by atoms with van der Waals surface area (Å²) in [6, 6.07) is 14.4. The molecule has 2 aromatic rings. The standard InChI is InChI=1S/C19H22BrNOS/c1-3-4-5-15-8-11-18(17(20)12-15)21-19(22)13-23-16-9-6-14(2)7-10-16/h6-12H,3-5,13H2,1-2H3,(H,21,22). The average molecular weight is 392 g/mol. The van der Waals surface area contributed by atoms with Gasteiger partial charge in [0, 0.05) is 9.37 Å². The Labute approximate surface area is 151 Å². The Kier molecular flexibility index (Phi) is 7.18. The van der Waals surface area contributed by atoms with Crippen molar-refractivity contribution in [3.05, 3.63) is 58.1 Å². The number of benzene rings is 2. The molecule has 0 saturated heterocycles. The first-order valence-electron chi connectivity index (χ1n) is 7.86. The molecule has 0 aliphatic carbocycles. The smallest absolute Gasteiger partial charge is 0.234 e. The van der Waals surface area contributed by atoms with Crippen LogP contribution in [-0.2, 0) is 11.2 Å². The summed E-state index contributed by atoms with van der Waals surface area (Å²) in [6.45, 7) is 4.25. The van der Waals surface area contributed by atoms with Crippen LogP contribution < -0.4 is 5.32 Å². The third-order valence-corrected chi connectivity index (χ3v) is 5.19. The third-order valence-electron chi connectivity index (χ3n) is 3.52. The van der Waals surface area contributed by atoms with E-state index in [2.05, 4.69) is 59.4 Å².